The van der Waals surface area contributed by atoms with Gasteiger partial charge in [0.2, 0.25) is 35.4 Å². The van der Waals surface area contributed by atoms with Crippen LogP contribution in [0.15, 0.2) is 53.3 Å². The maximum atomic E-state index is 14.5. The van der Waals surface area contributed by atoms with Crippen LogP contribution in [-0.4, -0.2) is 109 Å². The molecule has 66 heavy (non-hydrogen) atoms. The first-order valence-corrected chi connectivity index (χ1v) is 23.3. The van der Waals surface area contributed by atoms with Crippen LogP contribution in [0.25, 0.3) is 11.0 Å². The molecule has 3 saturated heterocycles. The van der Waals surface area contributed by atoms with Crippen LogP contribution in [0.4, 0.5) is 4.79 Å². The van der Waals surface area contributed by atoms with Gasteiger partial charge in [0.1, 0.15) is 23.7 Å². The number of hydrogen-bond donors (Lipinski definition) is 4. The normalized spacial score (nSPS) is 21.1. The lowest BCUT2D eigenvalue weighted by Crippen LogP contribution is -2.62. The summed E-state index contributed by atoms with van der Waals surface area (Å²) < 4.78 is 14.6. The van der Waals surface area contributed by atoms with Gasteiger partial charge in [0.25, 0.3) is 0 Å². The molecule has 18 nitrogen and oxygen atoms in total. The topological polar surface area (TPSA) is 233 Å². The lowest BCUT2D eigenvalue weighted by atomic mass is 10.0. The molecular formula is C48H66N8O10. The highest BCUT2D eigenvalue weighted by Gasteiger charge is 2.46. The van der Waals surface area contributed by atoms with Gasteiger partial charge in [0, 0.05) is 38.9 Å². The molecule has 2 aromatic carbocycles. The van der Waals surface area contributed by atoms with Crippen LogP contribution in [0.3, 0.4) is 0 Å². The summed E-state index contributed by atoms with van der Waals surface area (Å²) in [4.78, 5) is 108. The van der Waals surface area contributed by atoms with E-state index >= 15 is 0 Å². The van der Waals surface area contributed by atoms with Gasteiger partial charge in [0.05, 0.1) is 36.3 Å². The minimum atomic E-state index is -1.17. The standard InChI is InChI=1S/C48H66N8O10/c1-30(65-29-32-14-10-8-11-15-32)34(19-23-40(49)57)50-43(60)37-21-18-33-25-26-54(28-35(45(62)55(33)37)51-46(63)66-48(2,3)4)42(59)16-12-7-6-9-13-31-17-20-36-39(27-31)53(5)47(64)56(36)38-22-24-41(58)52-44(38)61/h8,10-11,14-15,17,20,27,30,33-35,37-38H,6-7,9,12-13,16,18-19,21-26,28-29H2,1-5H3,(H2,49,57)(H,50,60)(H,51,63)(H,52,58,61)/t30-,33-,34+,35+,37+,38?/m1/s1. The van der Waals surface area contributed by atoms with Gasteiger partial charge in [-0.1, -0.05) is 49.2 Å². The molecule has 3 fully saturated rings. The molecule has 0 aliphatic carbocycles. The van der Waals surface area contributed by atoms with Gasteiger partial charge in [-0.15, -0.1) is 0 Å². The van der Waals surface area contributed by atoms with Crippen molar-refractivity contribution in [3.8, 4) is 0 Å². The number of alkyl carbamates (subject to hydrolysis) is 1. The van der Waals surface area contributed by atoms with Crippen molar-refractivity contribution in [3.05, 3.63) is 70.1 Å². The number of imide groups is 1. The van der Waals surface area contributed by atoms with Crippen LogP contribution in [0.5, 0.6) is 0 Å². The Hall–Kier alpha value is -6.04. The first-order chi connectivity index (χ1) is 31.4. The number of unbranched alkanes of at least 4 members (excludes halogenated alkanes) is 3. The number of nitrogens with zero attached hydrogens (tertiary/aromatic N) is 4. The summed E-state index contributed by atoms with van der Waals surface area (Å²) in [6.45, 7) is 7.50. The molecule has 6 rings (SSSR count). The average Bonchev–Trinajstić information content (AvgIpc) is 3.79. The molecule has 1 unspecified atom stereocenters. The number of ether oxygens (including phenoxy) is 2. The number of amides is 7. The summed E-state index contributed by atoms with van der Waals surface area (Å²) in [5, 5.41) is 8.10. The molecule has 3 aliphatic heterocycles. The fraction of sp³-hybridized carbons (Fsp3) is 0.583. The number of benzene rings is 2. The van der Waals surface area contributed by atoms with Crippen LogP contribution in [-0.2, 0) is 58.3 Å². The molecule has 3 aromatic rings. The van der Waals surface area contributed by atoms with Crippen molar-refractivity contribution in [1.29, 1.82) is 0 Å². The highest BCUT2D eigenvalue weighted by atomic mass is 16.6. The maximum absolute atomic E-state index is 14.5. The molecule has 0 radical (unpaired) electrons. The van der Waals surface area contributed by atoms with Gasteiger partial charge in [-0.2, -0.15) is 0 Å². The van der Waals surface area contributed by atoms with Crippen molar-refractivity contribution in [2.24, 2.45) is 12.8 Å². The Morgan fingerprint density at radius 3 is 2.35 bits per heavy atom. The quantitative estimate of drug-likeness (QED) is 0.107. The van der Waals surface area contributed by atoms with Gasteiger partial charge in [-0.05, 0) is 102 Å². The summed E-state index contributed by atoms with van der Waals surface area (Å²) >= 11 is 0. The number of carbonyl (C=O) groups excluding carboxylic acids is 7. The van der Waals surface area contributed by atoms with E-state index in [0.717, 1.165) is 36.8 Å². The monoisotopic (exact) mass is 914 g/mol. The Labute approximate surface area is 385 Å². The minimum Gasteiger partial charge on any atom is -0.444 e. The molecule has 7 amide bonds. The molecule has 4 heterocycles. The lowest BCUT2D eigenvalue weighted by Gasteiger charge is -2.39. The number of fused-ring (bicyclic) bond motifs is 2. The molecule has 3 aliphatic rings. The predicted octanol–water partition coefficient (Wildman–Crippen LogP) is 3.65. The summed E-state index contributed by atoms with van der Waals surface area (Å²) in [6.07, 6.45) is 4.87. The van der Waals surface area contributed by atoms with E-state index in [-0.39, 0.29) is 62.2 Å². The molecular weight excluding hydrogens is 849 g/mol. The highest BCUT2D eigenvalue weighted by molar-refractivity contribution is 6.00. The number of aryl methyl sites for hydroxylation is 2. The fourth-order valence-electron chi connectivity index (χ4n) is 9.25. The van der Waals surface area contributed by atoms with E-state index in [9.17, 15) is 38.4 Å². The number of aromatic nitrogens is 2. The van der Waals surface area contributed by atoms with Crippen LogP contribution in [0.2, 0.25) is 0 Å². The van der Waals surface area contributed by atoms with E-state index in [1.54, 1.807) is 37.6 Å². The van der Waals surface area contributed by atoms with Crippen molar-refractivity contribution >= 4 is 52.6 Å². The van der Waals surface area contributed by atoms with Crippen LogP contribution in [0, 0.1) is 0 Å². The summed E-state index contributed by atoms with van der Waals surface area (Å²) in [5.41, 5.74) is 7.66. The smallest absolute Gasteiger partial charge is 0.408 e. The van der Waals surface area contributed by atoms with E-state index < -0.39 is 65.6 Å². The second-order valence-corrected chi connectivity index (χ2v) is 18.9. The van der Waals surface area contributed by atoms with Crippen molar-refractivity contribution in [1.82, 2.24) is 34.9 Å². The molecule has 6 atom stereocenters. The summed E-state index contributed by atoms with van der Waals surface area (Å²) in [7, 11) is 1.67. The van der Waals surface area contributed by atoms with Gasteiger partial charge >= 0.3 is 11.8 Å². The zero-order valence-electron chi connectivity index (χ0n) is 38.8. The van der Waals surface area contributed by atoms with E-state index in [1.165, 1.54) is 9.13 Å². The van der Waals surface area contributed by atoms with Crippen molar-refractivity contribution in [3.63, 3.8) is 0 Å². The maximum Gasteiger partial charge on any atom is 0.408 e. The van der Waals surface area contributed by atoms with Gasteiger partial charge < -0.3 is 35.6 Å². The zero-order chi connectivity index (χ0) is 47.7. The Bertz CT molecular complexity index is 2320. The van der Waals surface area contributed by atoms with Gasteiger partial charge in [-0.25, -0.2) is 9.59 Å². The Morgan fingerprint density at radius 2 is 1.64 bits per heavy atom. The van der Waals surface area contributed by atoms with Crippen LogP contribution in [0.1, 0.15) is 122 Å². The largest absolute Gasteiger partial charge is 0.444 e. The third-order valence-corrected chi connectivity index (χ3v) is 12.8. The highest BCUT2D eigenvalue weighted by Crippen LogP contribution is 2.31. The van der Waals surface area contributed by atoms with Gasteiger partial charge in [-0.3, -0.25) is 43.2 Å². The molecule has 1 aromatic heterocycles. The minimum absolute atomic E-state index is 0.0267. The number of imidazole rings is 1. The molecule has 358 valence electrons. The third-order valence-electron chi connectivity index (χ3n) is 12.8. The van der Waals surface area contributed by atoms with E-state index in [2.05, 4.69) is 16.0 Å². The van der Waals surface area contributed by atoms with Crippen molar-refractivity contribution in [2.45, 2.75) is 160 Å². The predicted molar refractivity (Wildman–Crippen MR) is 244 cm³/mol. The van der Waals surface area contributed by atoms with Crippen molar-refractivity contribution < 1.29 is 43.0 Å². The second-order valence-electron chi connectivity index (χ2n) is 18.9. The lowest BCUT2D eigenvalue weighted by molar-refractivity contribution is -0.146. The first kappa shape index (κ1) is 49.4. The van der Waals surface area contributed by atoms with Crippen LogP contribution >= 0.6 is 0 Å². The number of nitrogens with two attached hydrogens (primary N) is 1. The third kappa shape index (κ3) is 12.6. The Kier molecular flexibility index (Phi) is 16.4. The zero-order valence-corrected chi connectivity index (χ0v) is 38.8. The number of piperidine rings is 1. The van der Waals surface area contributed by atoms with Gasteiger partial charge in [0.15, 0.2) is 0 Å². The molecule has 0 spiro atoms. The fourth-order valence-corrected chi connectivity index (χ4v) is 9.25. The van der Waals surface area contributed by atoms with E-state index in [0.29, 0.717) is 49.9 Å². The Balaban J connectivity index is 1.05. The second kappa shape index (κ2) is 22.0. The molecule has 0 saturated carbocycles. The first-order valence-electron chi connectivity index (χ1n) is 23.3. The number of primary amides is 1. The average molecular weight is 915 g/mol. The summed E-state index contributed by atoms with van der Waals surface area (Å²) in [6, 6.07) is 11.6. The Morgan fingerprint density at radius 1 is 0.894 bits per heavy atom. The van der Waals surface area contributed by atoms with Crippen molar-refractivity contribution in [2.75, 3.05) is 13.1 Å². The summed E-state index contributed by atoms with van der Waals surface area (Å²) in [5.74, 6) is -2.33. The molecule has 5 N–H and O–H groups in total. The van der Waals surface area contributed by atoms with Crippen LogP contribution < -0.4 is 27.4 Å². The molecule has 0 bridgehead atoms. The van der Waals surface area contributed by atoms with E-state index in [1.807, 2.05) is 55.5 Å². The number of hydrogen-bond acceptors (Lipinski definition) is 10. The molecule has 18 heteroatoms. The number of carbonyl (C=O) groups is 7. The SMILES string of the molecule is C[C@@H](OCc1ccccc1)[C@H](CCC(N)=O)NC(=O)[C@@H]1CC[C@@H]2CCN(C(=O)CCCCCCc3ccc4c(c3)n(C)c(=O)n4C3CCC(=O)NC3=O)C[C@H](NC(=O)OC(C)(C)C)C(=O)N21. The van der Waals surface area contributed by atoms with E-state index in [4.69, 9.17) is 15.2 Å². The number of rotatable bonds is 18. The number of nitrogens with one attached hydrogen (secondary N) is 3.